The van der Waals surface area contributed by atoms with E-state index in [1.807, 2.05) is 60.4 Å². The van der Waals surface area contributed by atoms with Crippen molar-refractivity contribution in [3.05, 3.63) is 59.1 Å². The zero-order valence-corrected chi connectivity index (χ0v) is 17.1. The highest BCUT2D eigenvalue weighted by atomic mass is 35.5. The smallest absolute Gasteiger partial charge is 0.227 e. The van der Waals surface area contributed by atoms with Gasteiger partial charge in [0.25, 0.3) is 0 Å². The molecule has 0 radical (unpaired) electrons. The fourth-order valence-corrected chi connectivity index (χ4v) is 3.49. The van der Waals surface area contributed by atoms with Crippen LogP contribution in [0.15, 0.2) is 48.5 Å². The summed E-state index contributed by atoms with van der Waals surface area (Å²) < 4.78 is 0. The van der Waals surface area contributed by atoms with Crippen molar-refractivity contribution in [3.63, 3.8) is 0 Å². The minimum absolute atomic E-state index is 0.00206. The average Bonchev–Trinajstić information content (AvgIpc) is 2.70. The number of rotatable bonds is 5. The standard InChI is InChI=1S/C22H26ClN3O2/c1-16(15-18-3-5-19(23)6-4-18)22(28)24-20-7-9-21(10-8-20)26-13-11-25(12-14-26)17(2)27/h3-10,16H,11-15H2,1-2H3,(H,24,28). The molecular weight excluding hydrogens is 374 g/mol. The van der Waals surface area contributed by atoms with Crippen LogP contribution in [0, 0.1) is 5.92 Å². The number of halogens is 1. The van der Waals surface area contributed by atoms with Gasteiger partial charge in [-0.1, -0.05) is 30.7 Å². The van der Waals surface area contributed by atoms with Gasteiger partial charge in [-0.05, 0) is 48.4 Å². The molecule has 0 spiro atoms. The van der Waals surface area contributed by atoms with E-state index in [1.165, 1.54) is 0 Å². The Labute approximate surface area is 171 Å². The third-order valence-corrected chi connectivity index (χ3v) is 5.38. The summed E-state index contributed by atoms with van der Waals surface area (Å²) in [6.45, 7) is 6.67. The Morgan fingerprint density at radius 1 is 1.00 bits per heavy atom. The monoisotopic (exact) mass is 399 g/mol. The van der Waals surface area contributed by atoms with Gasteiger partial charge in [-0.15, -0.1) is 0 Å². The number of carbonyl (C=O) groups is 2. The van der Waals surface area contributed by atoms with Crippen molar-refractivity contribution in [2.24, 2.45) is 5.92 Å². The Morgan fingerprint density at radius 3 is 2.18 bits per heavy atom. The molecule has 5 nitrogen and oxygen atoms in total. The molecule has 1 aliphatic heterocycles. The molecule has 1 N–H and O–H groups in total. The summed E-state index contributed by atoms with van der Waals surface area (Å²) in [6.07, 6.45) is 0.668. The van der Waals surface area contributed by atoms with E-state index in [0.717, 1.165) is 43.1 Å². The van der Waals surface area contributed by atoms with Crippen LogP contribution in [0.5, 0.6) is 0 Å². The minimum atomic E-state index is -0.138. The van der Waals surface area contributed by atoms with E-state index in [1.54, 1.807) is 6.92 Å². The fraction of sp³-hybridized carbons (Fsp3) is 0.364. The van der Waals surface area contributed by atoms with Crippen molar-refractivity contribution < 1.29 is 9.59 Å². The van der Waals surface area contributed by atoms with Gasteiger partial charge < -0.3 is 15.1 Å². The third kappa shape index (κ3) is 5.26. The molecule has 3 rings (SSSR count). The lowest BCUT2D eigenvalue weighted by molar-refractivity contribution is -0.129. The molecule has 0 aliphatic carbocycles. The van der Waals surface area contributed by atoms with Crippen LogP contribution in [0.2, 0.25) is 5.02 Å². The molecule has 6 heteroatoms. The lowest BCUT2D eigenvalue weighted by Gasteiger charge is -2.35. The second-order valence-electron chi connectivity index (χ2n) is 7.26. The number of piperazine rings is 1. The Kier molecular flexibility index (Phi) is 6.57. The summed E-state index contributed by atoms with van der Waals surface area (Å²) in [5.41, 5.74) is 2.99. The van der Waals surface area contributed by atoms with Crippen LogP contribution < -0.4 is 10.2 Å². The van der Waals surface area contributed by atoms with Gasteiger partial charge in [-0.3, -0.25) is 9.59 Å². The van der Waals surface area contributed by atoms with Crippen LogP contribution in [0.4, 0.5) is 11.4 Å². The molecule has 1 fully saturated rings. The number of nitrogens with zero attached hydrogens (tertiary/aromatic N) is 2. The van der Waals surface area contributed by atoms with E-state index in [-0.39, 0.29) is 17.7 Å². The number of hydrogen-bond acceptors (Lipinski definition) is 3. The molecule has 1 atom stereocenters. The predicted molar refractivity (Wildman–Crippen MR) is 114 cm³/mol. The molecular formula is C22H26ClN3O2. The third-order valence-electron chi connectivity index (χ3n) is 5.13. The molecule has 148 valence electrons. The van der Waals surface area contributed by atoms with Gasteiger partial charge in [0.05, 0.1) is 0 Å². The number of amides is 2. The van der Waals surface area contributed by atoms with Gasteiger partial charge in [-0.2, -0.15) is 0 Å². The second-order valence-corrected chi connectivity index (χ2v) is 7.70. The zero-order valence-electron chi connectivity index (χ0n) is 16.3. The van der Waals surface area contributed by atoms with Crippen LogP contribution in [0.25, 0.3) is 0 Å². The molecule has 1 heterocycles. The maximum Gasteiger partial charge on any atom is 0.227 e. The largest absolute Gasteiger partial charge is 0.368 e. The summed E-state index contributed by atoms with van der Waals surface area (Å²) >= 11 is 5.91. The molecule has 1 aliphatic rings. The van der Waals surface area contributed by atoms with Crippen LogP contribution in [0.1, 0.15) is 19.4 Å². The van der Waals surface area contributed by atoms with E-state index < -0.39 is 0 Å². The number of carbonyl (C=O) groups excluding carboxylic acids is 2. The summed E-state index contributed by atoms with van der Waals surface area (Å²) in [6, 6.07) is 15.5. The summed E-state index contributed by atoms with van der Waals surface area (Å²) in [5, 5.41) is 3.69. The SMILES string of the molecule is CC(=O)N1CCN(c2ccc(NC(=O)C(C)Cc3ccc(Cl)cc3)cc2)CC1. The van der Waals surface area contributed by atoms with E-state index in [2.05, 4.69) is 10.2 Å². The minimum Gasteiger partial charge on any atom is -0.368 e. The Bertz CT molecular complexity index is 813. The summed E-state index contributed by atoms with van der Waals surface area (Å²) in [4.78, 5) is 28.0. The lowest BCUT2D eigenvalue weighted by atomic mass is 10.0. The van der Waals surface area contributed by atoms with Gasteiger partial charge >= 0.3 is 0 Å². The molecule has 0 bridgehead atoms. The average molecular weight is 400 g/mol. The first-order chi connectivity index (χ1) is 13.4. The van der Waals surface area contributed by atoms with Crippen molar-refractivity contribution in [3.8, 4) is 0 Å². The van der Waals surface area contributed by atoms with Gasteiger partial charge in [0.15, 0.2) is 0 Å². The van der Waals surface area contributed by atoms with Crippen LogP contribution >= 0.6 is 11.6 Å². The van der Waals surface area contributed by atoms with E-state index in [0.29, 0.717) is 11.4 Å². The first-order valence-electron chi connectivity index (χ1n) is 9.58. The van der Waals surface area contributed by atoms with Crippen LogP contribution in [-0.2, 0) is 16.0 Å². The lowest BCUT2D eigenvalue weighted by Crippen LogP contribution is -2.48. The number of benzene rings is 2. The molecule has 2 amide bonds. The molecule has 1 unspecified atom stereocenters. The molecule has 0 saturated carbocycles. The van der Waals surface area contributed by atoms with E-state index in [9.17, 15) is 9.59 Å². The Balaban J connectivity index is 1.53. The number of nitrogens with one attached hydrogen (secondary N) is 1. The van der Waals surface area contributed by atoms with Gasteiger partial charge in [0.1, 0.15) is 0 Å². The maximum absolute atomic E-state index is 12.5. The first-order valence-corrected chi connectivity index (χ1v) is 9.96. The van der Waals surface area contributed by atoms with Crippen molar-refractivity contribution >= 4 is 34.8 Å². The van der Waals surface area contributed by atoms with Crippen LogP contribution in [-0.4, -0.2) is 42.9 Å². The summed E-state index contributed by atoms with van der Waals surface area (Å²) in [5.74, 6) is -0.0105. The maximum atomic E-state index is 12.5. The highest BCUT2D eigenvalue weighted by molar-refractivity contribution is 6.30. The molecule has 28 heavy (non-hydrogen) atoms. The second kappa shape index (κ2) is 9.11. The van der Waals surface area contributed by atoms with E-state index in [4.69, 9.17) is 11.6 Å². The quantitative estimate of drug-likeness (QED) is 0.831. The van der Waals surface area contributed by atoms with Gasteiger partial charge in [0.2, 0.25) is 11.8 Å². The zero-order chi connectivity index (χ0) is 20.1. The predicted octanol–water partition coefficient (Wildman–Crippen LogP) is 3.83. The fourth-order valence-electron chi connectivity index (χ4n) is 3.37. The van der Waals surface area contributed by atoms with Crippen molar-refractivity contribution in [2.45, 2.75) is 20.3 Å². The van der Waals surface area contributed by atoms with Crippen molar-refractivity contribution in [2.75, 3.05) is 36.4 Å². The summed E-state index contributed by atoms with van der Waals surface area (Å²) in [7, 11) is 0. The van der Waals surface area contributed by atoms with E-state index >= 15 is 0 Å². The molecule has 2 aromatic rings. The number of hydrogen-bond donors (Lipinski definition) is 1. The molecule has 2 aromatic carbocycles. The van der Waals surface area contributed by atoms with Crippen LogP contribution in [0.3, 0.4) is 0 Å². The van der Waals surface area contributed by atoms with Gasteiger partial charge in [-0.25, -0.2) is 0 Å². The molecule has 0 aromatic heterocycles. The normalized spacial score (nSPS) is 15.2. The number of anilines is 2. The van der Waals surface area contributed by atoms with Crippen molar-refractivity contribution in [1.82, 2.24) is 4.90 Å². The Hall–Kier alpha value is -2.53. The first kappa shape index (κ1) is 20.2. The Morgan fingerprint density at radius 2 is 1.61 bits per heavy atom. The topological polar surface area (TPSA) is 52.7 Å². The van der Waals surface area contributed by atoms with Crippen molar-refractivity contribution in [1.29, 1.82) is 0 Å². The molecule has 1 saturated heterocycles. The highest BCUT2D eigenvalue weighted by Gasteiger charge is 2.19. The van der Waals surface area contributed by atoms with Gasteiger partial charge in [0, 0.05) is 55.4 Å². The highest BCUT2D eigenvalue weighted by Crippen LogP contribution is 2.21.